The SMILES string of the molecule is C[Si](C)(C)c1ccc(-n2c3ccccc3c3cc(-c4ccc5c(c4)c4ccccc4n5-c4ccc(-c5nc(-c6ccccc6)nc(-c6ccccc6)n5)cc4)ccc32)cc1.c1ccc(-c2ccc(-c3ccc(-n4c5ccccc5c5cc(-c6ccc7c(c6)c6ccccc6n7-c6ccc(-c7nc(-c8ccccc8)nc(-c8ccccc8)n7)cc6)ccc54)cc3)cc2)cc1. The number of aromatic nitrogens is 10. The molecule has 0 aliphatic rings. The lowest BCUT2D eigenvalue weighted by Crippen LogP contribution is -2.37. The Hall–Kier alpha value is -16.6. The molecule has 0 amide bonds. The van der Waals surface area contributed by atoms with Gasteiger partial charge >= 0.3 is 0 Å². The van der Waals surface area contributed by atoms with E-state index in [-0.39, 0.29) is 0 Å². The summed E-state index contributed by atoms with van der Waals surface area (Å²) in [5.41, 5.74) is 29.1. The van der Waals surface area contributed by atoms with Crippen LogP contribution >= 0.6 is 0 Å². The summed E-state index contributed by atoms with van der Waals surface area (Å²) in [7, 11) is -1.40. The fourth-order valence-electron chi connectivity index (χ4n) is 18.5. The lowest BCUT2D eigenvalue weighted by Gasteiger charge is -2.17. The Morgan fingerprint density at radius 3 is 0.562 bits per heavy atom. The molecular weight excluding hydrogens is 1570 g/mol. The molecule has 128 heavy (non-hydrogen) atoms. The molecule has 11 heteroatoms. The first-order valence-electron chi connectivity index (χ1n) is 43.5. The smallest absolute Gasteiger partial charge is 0.164 e. The van der Waals surface area contributed by atoms with E-state index < -0.39 is 8.07 Å². The van der Waals surface area contributed by atoms with Crippen molar-refractivity contribution in [1.29, 1.82) is 0 Å². The van der Waals surface area contributed by atoms with E-state index in [4.69, 9.17) is 29.9 Å². The molecule has 6 aromatic heterocycles. The molecule has 0 aliphatic heterocycles. The van der Waals surface area contributed by atoms with Crippen molar-refractivity contribution in [3.8, 4) is 136 Å². The molecule has 0 aliphatic carbocycles. The highest BCUT2D eigenvalue weighted by atomic mass is 28.3. The molecule has 0 unspecified atom stereocenters. The summed E-state index contributed by atoms with van der Waals surface area (Å²) in [6.45, 7) is 7.20. The van der Waals surface area contributed by atoms with Gasteiger partial charge in [0.15, 0.2) is 34.9 Å². The minimum Gasteiger partial charge on any atom is -0.309 e. The van der Waals surface area contributed by atoms with Gasteiger partial charge in [-0.3, -0.25) is 0 Å². The van der Waals surface area contributed by atoms with Crippen molar-refractivity contribution in [2.45, 2.75) is 19.6 Å². The van der Waals surface area contributed by atoms with Gasteiger partial charge in [0.1, 0.15) is 0 Å². The van der Waals surface area contributed by atoms with E-state index in [0.29, 0.717) is 34.9 Å². The third-order valence-electron chi connectivity index (χ3n) is 25.0. The molecule has 0 saturated carbocycles. The average Bonchev–Trinajstić information content (AvgIpc) is 1.59. The van der Waals surface area contributed by atoms with Gasteiger partial charge in [0, 0.05) is 99.2 Å². The molecule has 24 rings (SSSR count). The molecule has 0 N–H and O–H groups in total. The molecule has 0 atom stereocenters. The van der Waals surface area contributed by atoms with Gasteiger partial charge in [-0.05, 0) is 190 Å². The van der Waals surface area contributed by atoms with Crippen LogP contribution in [-0.4, -0.2) is 56.2 Å². The third-order valence-corrected chi connectivity index (χ3v) is 27.0. The highest BCUT2D eigenvalue weighted by Crippen LogP contribution is 2.43. The van der Waals surface area contributed by atoms with E-state index in [1.54, 1.807) is 0 Å². The Morgan fingerprint density at radius 1 is 0.148 bits per heavy atom. The molecule has 604 valence electrons. The largest absolute Gasteiger partial charge is 0.309 e. The van der Waals surface area contributed by atoms with Crippen molar-refractivity contribution >= 4 is 100 Å². The Kier molecular flexibility index (Phi) is 19.0. The monoisotopic (exact) mass is 1650 g/mol. The summed E-state index contributed by atoms with van der Waals surface area (Å²) in [6, 6.07) is 158. The number of nitrogens with zero attached hydrogens (tertiary/aromatic N) is 10. The van der Waals surface area contributed by atoms with Gasteiger partial charge in [-0.25, -0.2) is 29.9 Å². The molecule has 0 fully saturated rings. The molecule has 24 aromatic rings. The minimum absolute atomic E-state index is 0.634. The standard InChI is InChI=1S/C63H41N5.C54H41N5Si/c1-4-14-42(15-5-1)43-24-26-44(27-25-43)45-28-34-51(35-29-45)67-57-22-12-10-20-53(57)55-40-49(32-38-59(55)67)50-33-39-60-56(41-50)54-21-11-13-23-58(54)68(60)52-36-30-48(31-37-52)63-65-61(46-16-6-2-7-17-46)64-62(66-63)47-18-8-3-9-19-47;1-60(2,3)43-30-28-42(29-31-43)59-49-21-13-11-19-45(49)47-35-40(25-33-51(47)59)39-24-32-50-46(34-39)44-18-10-12-20-48(44)58(50)41-26-22-38(23-27-41)54-56-52(36-14-6-4-7-15-36)55-53(57-54)37-16-8-5-9-17-37/h1-41H;4-35H,1-3H3. The second-order valence-corrected chi connectivity index (χ2v) is 38.9. The highest BCUT2D eigenvalue weighted by Gasteiger charge is 2.24. The van der Waals surface area contributed by atoms with E-state index in [9.17, 15) is 0 Å². The summed E-state index contributed by atoms with van der Waals surface area (Å²) in [6.07, 6.45) is 0. The van der Waals surface area contributed by atoms with Crippen LogP contribution in [0, 0.1) is 0 Å². The summed E-state index contributed by atoms with van der Waals surface area (Å²) in [4.78, 5) is 29.6. The fraction of sp³-hybridized carbons (Fsp3) is 0.0256. The molecule has 18 aromatic carbocycles. The molecule has 0 bridgehead atoms. The summed E-state index contributed by atoms with van der Waals surface area (Å²) >= 11 is 0. The highest BCUT2D eigenvalue weighted by molar-refractivity contribution is 6.88. The van der Waals surface area contributed by atoms with Crippen LogP contribution in [0.2, 0.25) is 19.6 Å². The van der Waals surface area contributed by atoms with Crippen LogP contribution in [0.5, 0.6) is 0 Å². The number of rotatable bonds is 15. The van der Waals surface area contributed by atoms with Gasteiger partial charge in [0.25, 0.3) is 0 Å². The molecule has 0 spiro atoms. The number of hydrogen-bond acceptors (Lipinski definition) is 6. The van der Waals surface area contributed by atoms with E-state index in [1.807, 2.05) is 121 Å². The van der Waals surface area contributed by atoms with Crippen LogP contribution in [0.4, 0.5) is 0 Å². The molecule has 0 saturated heterocycles. The zero-order valence-corrected chi connectivity index (χ0v) is 71.6. The molecule has 6 heterocycles. The maximum atomic E-state index is 4.98. The first-order valence-corrected chi connectivity index (χ1v) is 47.0. The van der Waals surface area contributed by atoms with Crippen LogP contribution < -0.4 is 5.19 Å². The number of hydrogen-bond donors (Lipinski definition) is 0. The lowest BCUT2D eigenvalue weighted by molar-refractivity contribution is 1.07. The van der Waals surface area contributed by atoms with E-state index >= 15 is 0 Å². The van der Waals surface area contributed by atoms with Crippen molar-refractivity contribution in [2.75, 3.05) is 0 Å². The van der Waals surface area contributed by atoms with Crippen LogP contribution in [0.3, 0.4) is 0 Å². The topological polar surface area (TPSA) is 97.1 Å². The Balaban J connectivity index is 0.000000148. The first kappa shape index (κ1) is 76.3. The second-order valence-electron chi connectivity index (χ2n) is 33.8. The van der Waals surface area contributed by atoms with Gasteiger partial charge in [-0.1, -0.05) is 322 Å². The van der Waals surface area contributed by atoms with Gasteiger partial charge < -0.3 is 18.3 Å². The predicted molar refractivity (Wildman–Crippen MR) is 534 cm³/mol. The average molecular weight is 1660 g/mol. The third kappa shape index (κ3) is 14.0. The summed E-state index contributed by atoms with van der Waals surface area (Å²) in [5, 5.41) is 11.3. The predicted octanol–water partition coefficient (Wildman–Crippen LogP) is 29.3. The van der Waals surface area contributed by atoms with Crippen LogP contribution in [0.15, 0.2) is 443 Å². The van der Waals surface area contributed by atoms with Crippen molar-refractivity contribution in [1.82, 2.24) is 48.2 Å². The first-order chi connectivity index (χ1) is 63.1. The summed E-state index contributed by atoms with van der Waals surface area (Å²) in [5.74, 6) is 3.87. The Labute approximate surface area is 741 Å². The van der Waals surface area contributed by atoms with Crippen LogP contribution in [0.1, 0.15) is 0 Å². The van der Waals surface area contributed by atoms with Crippen LogP contribution in [0.25, 0.3) is 223 Å². The molecule has 10 nitrogen and oxygen atoms in total. The van der Waals surface area contributed by atoms with Crippen molar-refractivity contribution < 1.29 is 0 Å². The van der Waals surface area contributed by atoms with E-state index in [1.165, 1.54) is 121 Å². The fourth-order valence-corrected chi connectivity index (χ4v) is 19.7. The van der Waals surface area contributed by atoms with Gasteiger partial charge in [-0.15, -0.1) is 0 Å². The minimum atomic E-state index is -1.40. The normalized spacial score (nSPS) is 11.7. The zero-order valence-electron chi connectivity index (χ0n) is 70.6. The van der Waals surface area contributed by atoms with E-state index in [2.05, 4.69) is 359 Å². The van der Waals surface area contributed by atoms with Crippen molar-refractivity contribution in [3.63, 3.8) is 0 Å². The maximum Gasteiger partial charge on any atom is 0.164 e. The quantitative estimate of drug-likeness (QED) is 0.0949. The Morgan fingerprint density at radius 2 is 0.320 bits per heavy atom. The lowest BCUT2D eigenvalue weighted by atomic mass is 10.00. The summed E-state index contributed by atoms with van der Waals surface area (Å²) < 4.78 is 9.53. The Bertz CT molecular complexity index is 8220. The van der Waals surface area contributed by atoms with E-state index in [0.717, 1.165) is 72.5 Å². The van der Waals surface area contributed by atoms with Crippen molar-refractivity contribution in [3.05, 3.63) is 443 Å². The molecule has 0 radical (unpaired) electrons. The van der Waals surface area contributed by atoms with Crippen LogP contribution in [-0.2, 0) is 0 Å². The number of benzene rings is 18. The maximum absolute atomic E-state index is 4.98. The van der Waals surface area contributed by atoms with Gasteiger partial charge in [0.2, 0.25) is 0 Å². The van der Waals surface area contributed by atoms with Gasteiger partial charge in [-0.2, -0.15) is 0 Å². The molecular formula is C117H82N10Si. The zero-order chi connectivity index (χ0) is 85.3. The van der Waals surface area contributed by atoms with Crippen molar-refractivity contribution in [2.24, 2.45) is 0 Å². The second kappa shape index (κ2) is 31.9. The van der Waals surface area contributed by atoms with Gasteiger partial charge in [0.05, 0.1) is 52.2 Å². The number of para-hydroxylation sites is 4. The number of fused-ring (bicyclic) bond motifs is 12.